The molecule has 0 atom stereocenters. The molecule has 0 spiro atoms. The smallest absolute Gasteiger partial charge is 0.252 e. The Kier molecular flexibility index (Phi) is 13.0. The van der Waals surface area contributed by atoms with Crippen molar-refractivity contribution in [2.24, 2.45) is 11.8 Å². The maximum absolute atomic E-state index is 2.94. The second kappa shape index (κ2) is 22.1. The average Bonchev–Trinajstić information content (AvgIpc) is 0.704. The zero-order chi connectivity index (χ0) is 59.9. The van der Waals surface area contributed by atoms with Crippen molar-refractivity contribution >= 4 is 62.9 Å². The predicted molar refractivity (Wildman–Crippen MR) is 384 cm³/mol. The first-order valence-electron chi connectivity index (χ1n) is 32.8. The van der Waals surface area contributed by atoms with Gasteiger partial charge in [-0.1, -0.05) is 267 Å². The lowest BCUT2D eigenvalue weighted by molar-refractivity contribution is 0.0900. The summed E-state index contributed by atoms with van der Waals surface area (Å²) < 4.78 is 0. The molecule has 91 heavy (non-hydrogen) atoms. The molecule has 4 heteroatoms. The van der Waals surface area contributed by atoms with Crippen LogP contribution in [-0.4, -0.2) is 18.8 Å². The third-order valence-corrected chi connectivity index (χ3v) is 20.7. The molecule has 19 rings (SSSR count). The van der Waals surface area contributed by atoms with Crippen molar-refractivity contribution in [1.82, 2.24) is 0 Å². The minimum absolute atomic E-state index is 0.176. The van der Waals surface area contributed by atoms with Gasteiger partial charge in [-0.3, -0.25) is 0 Å². The van der Waals surface area contributed by atoms with Crippen LogP contribution in [-0.2, 0) is 0 Å². The van der Waals surface area contributed by atoms with Crippen molar-refractivity contribution < 1.29 is 0 Å². The maximum atomic E-state index is 2.94. The van der Waals surface area contributed by atoms with Crippen LogP contribution in [0.1, 0.15) is 32.1 Å². The van der Waals surface area contributed by atoms with E-state index in [1.165, 1.54) is 177 Å². The molecule has 2 saturated carbocycles. The topological polar surface area (TPSA) is 9.72 Å². The monoisotopic (exact) mass is 1160 g/mol. The lowest BCUT2D eigenvalue weighted by Gasteiger charge is -2.58. The molecule has 0 unspecified atom stereocenters. The number of fused-ring (bicyclic) bond motifs is 4. The molecular weight excluding hydrogens is 1100 g/mol. The number of piperidine rings is 2. The van der Waals surface area contributed by atoms with Crippen LogP contribution in [0.25, 0.3) is 89.0 Å². The SMILES string of the molecule is c1ccc(-c2ccc3c(c2)B2c4cc(-c5ccccc5)ccc4N(c4c(-c5ccccc5)cc(-c5ccccc5)cc4-c4ccccc4)c4cc(N5C6CC7CC(C6)CC5C7)cc(c42)N3c2c(-c3ccccc3)cc(-c3ccccc3)cc2-c2ccccc2)cc1. The van der Waals surface area contributed by atoms with Gasteiger partial charge in [-0.2, -0.15) is 0 Å². The minimum Gasteiger partial charge on any atom is -0.365 e. The number of hydrogen-bond donors (Lipinski definition) is 0. The number of benzene rings is 13. The van der Waals surface area contributed by atoms with E-state index in [9.17, 15) is 0 Å². The molecule has 4 heterocycles. The normalized spacial score (nSPS) is 17.4. The van der Waals surface area contributed by atoms with Crippen LogP contribution < -0.4 is 31.1 Å². The second-order valence-electron chi connectivity index (χ2n) is 25.9. The Morgan fingerprint density at radius 3 is 0.835 bits per heavy atom. The highest BCUT2D eigenvalue weighted by Crippen LogP contribution is 2.57. The molecule has 2 aliphatic carbocycles. The molecule has 0 radical (unpaired) electrons. The molecule has 0 aromatic heterocycles. The Labute approximate surface area is 534 Å². The Morgan fingerprint density at radius 1 is 0.242 bits per heavy atom. The Bertz CT molecular complexity index is 4430. The third-order valence-electron chi connectivity index (χ3n) is 20.7. The highest BCUT2D eigenvalue weighted by molar-refractivity contribution is 7.00. The minimum atomic E-state index is -0.176. The zero-order valence-electron chi connectivity index (χ0n) is 50.8. The predicted octanol–water partition coefficient (Wildman–Crippen LogP) is 20.9. The van der Waals surface area contributed by atoms with E-state index in [0.717, 1.165) is 11.8 Å². The molecule has 13 aromatic carbocycles. The summed E-state index contributed by atoms with van der Waals surface area (Å²) in [4.78, 5) is 8.44. The van der Waals surface area contributed by atoms with Gasteiger partial charge in [0.25, 0.3) is 6.71 Å². The fraction of sp³-hybridized carbons (Fsp3) is 0.103. The van der Waals surface area contributed by atoms with Crippen LogP contribution in [0.4, 0.5) is 39.8 Å². The molecule has 0 amide bonds. The fourth-order valence-corrected chi connectivity index (χ4v) is 16.9. The quantitative estimate of drug-likeness (QED) is 0.120. The van der Waals surface area contributed by atoms with Gasteiger partial charge in [0, 0.05) is 62.8 Å². The van der Waals surface area contributed by atoms with Gasteiger partial charge in [0.15, 0.2) is 0 Å². The van der Waals surface area contributed by atoms with E-state index in [1.807, 2.05) is 0 Å². The van der Waals surface area contributed by atoms with E-state index >= 15 is 0 Å². The highest BCUT2D eigenvalue weighted by Gasteiger charge is 2.50. The van der Waals surface area contributed by atoms with Crippen molar-refractivity contribution in [3.8, 4) is 89.0 Å². The van der Waals surface area contributed by atoms with Gasteiger partial charge in [-0.15, -0.1) is 0 Å². The van der Waals surface area contributed by atoms with E-state index in [0.29, 0.717) is 12.1 Å². The molecule has 3 nitrogen and oxygen atoms in total. The summed E-state index contributed by atoms with van der Waals surface area (Å²) in [6, 6.07) is 120. The van der Waals surface area contributed by atoms with Crippen LogP contribution in [0.3, 0.4) is 0 Å². The molecule has 4 fully saturated rings. The summed E-state index contributed by atoms with van der Waals surface area (Å²) in [7, 11) is 0. The van der Waals surface area contributed by atoms with Crippen molar-refractivity contribution in [3.05, 3.63) is 315 Å². The summed E-state index contributed by atoms with van der Waals surface area (Å²) in [6.07, 6.45) is 6.39. The van der Waals surface area contributed by atoms with Gasteiger partial charge in [-0.25, -0.2) is 0 Å². The van der Waals surface area contributed by atoms with Crippen LogP contribution in [0.15, 0.2) is 315 Å². The highest BCUT2D eigenvalue weighted by atomic mass is 15.2. The largest absolute Gasteiger partial charge is 0.365 e. The standard InChI is InChI=1S/C87H66BN3/c1-9-25-60(26-10-1)68-41-43-81-79(54-68)88-80-55-69(61-27-11-2-12-28-61)42-44-82(80)91(87-77(66-37-21-7-22-38-66)52-71(63-31-15-4-16-32-63)53-78(87)67-39-23-8-24-40-67)84-57-74(89-72-46-58-45-59(48-72)49-73(89)47-58)56-83(85(84)88)90(81)86-75(64-33-17-5-18-34-64)50-70(62-29-13-3-14-30-62)51-76(86)65-35-19-6-20-36-65/h1-44,50-59,72-73H,45-49H2. The Balaban J connectivity index is 1.02. The average molecular weight is 1160 g/mol. The molecule has 13 aromatic rings. The van der Waals surface area contributed by atoms with Crippen LogP contribution in [0.5, 0.6) is 0 Å². The number of nitrogens with zero attached hydrogens (tertiary/aromatic N) is 3. The van der Waals surface area contributed by atoms with Crippen molar-refractivity contribution in [1.29, 1.82) is 0 Å². The number of hydrogen-bond acceptors (Lipinski definition) is 3. The van der Waals surface area contributed by atoms with Crippen molar-refractivity contribution in [2.75, 3.05) is 14.7 Å². The molecular formula is C87H66BN3. The Hall–Kier alpha value is -10.7. The first kappa shape index (κ1) is 53.4. The van der Waals surface area contributed by atoms with Gasteiger partial charge in [0.05, 0.1) is 11.4 Å². The van der Waals surface area contributed by atoms with E-state index < -0.39 is 0 Å². The first-order valence-corrected chi connectivity index (χ1v) is 32.8. The summed E-state index contributed by atoms with van der Waals surface area (Å²) in [5.41, 5.74) is 31.3. The molecule has 4 bridgehead atoms. The number of rotatable bonds is 11. The van der Waals surface area contributed by atoms with Gasteiger partial charge in [0.1, 0.15) is 0 Å². The van der Waals surface area contributed by atoms with Crippen LogP contribution in [0.2, 0.25) is 0 Å². The summed E-state index contributed by atoms with van der Waals surface area (Å²) in [5.74, 6) is 1.58. The number of anilines is 7. The summed E-state index contributed by atoms with van der Waals surface area (Å²) in [6.45, 7) is -0.176. The Morgan fingerprint density at radius 2 is 0.527 bits per heavy atom. The van der Waals surface area contributed by atoms with Gasteiger partial charge in [-0.05, 0) is 176 Å². The zero-order valence-corrected chi connectivity index (χ0v) is 50.8. The van der Waals surface area contributed by atoms with E-state index in [4.69, 9.17) is 0 Å². The summed E-state index contributed by atoms with van der Waals surface area (Å²) >= 11 is 0. The van der Waals surface area contributed by atoms with Gasteiger partial charge in [0.2, 0.25) is 0 Å². The van der Waals surface area contributed by atoms with Crippen LogP contribution >= 0.6 is 0 Å². The second-order valence-corrected chi connectivity index (χ2v) is 25.9. The van der Waals surface area contributed by atoms with E-state index in [1.54, 1.807) is 0 Å². The molecule has 0 N–H and O–H groups in total. The van der Waals surface area contributed by atoms with E-state index in [2.05, 4.69) is 330 Å². The maximum Gasteiger partial charge on any atom is 0.252 e. The van der Waals surface area contributed by atoms with Crippen molar-refractivity contribution in [3.63, 3.8) is 0 Å². The molecule has 4 aliphatic heterocycles. The molecule has 2 saturated heterocycles. The third kappa shape index (κ3) is 9.18. The van der Waals surface area contributed by atoms with Gasteiger partial charge >= 0.3 is 0 Å². The van der Waals surface area contributed by atoms with E-state index in [-0.39, 0.29) is 6.71 Å². The molecule has 432 valence electrons. The molecule has 6 aliphatic rings. The summed E-state index contributed by atoms with van der Waals surface area (Å²) in [5, 5.41) is 0. The fourth-order valence-electron chi connectivity index (χ4n) is 16.9. The van der Waals surface area contributed by atoms with Gasteiger partial charge < -0.3 is 14.7 Å². The lowest BCUT2D eigenvalue weighted by atomic mass is 9.33. The lowest BCUT2D eigenvalue weighted by Crippen LogP contribution is -2.62. The van der Waals surface area contributed by atoms with Crippen molar-refractivity contribution in [2.45, 2.75) is 44.2 Å². The van der Waals surface area contributed by atoms with Crippen LogP contribution in [0, 0.1) is 11.8 Å². The first-order chi connectivity index (χ1) is 45.1.